The maximum absolute atomic E-state index is 11.3. The molecule has 19 heavy (non-hydrogen) atoms. The first-order valence-electron chi connectivity index (χ1n) is 6.97. The van der Waals surface area contributed by atoms with E-state index in [1.807, 2.05) is 13.8 Å². The molecule has 106 valence electrons. The van der Waals surface area contributed by atoms with Crippen molar-refractivity contribution in [3.05, 3.63) is 15.6 Å². The largest absolute Gasteiger partial charge is 0.477 e. The molecule has 1 aliphatic rings. The molecular formula is C14H22N2O2S. The van der Waals surface area contributed by atoms with Gasteiger partial charge in [-0.15, -0.1) is 11.3 Å². The van der Waals surface area contributed by atoms with Crippen LogP contribution in [0.25, 0.3) is 0 Å². The molecule has 0 radical (unpaired) electrons. The molecule has 1 aromatic heterocycles. The van der Waals surface area contributed by atoms with Gasteiger partial charge in [0.05, 0.1) is 11.2 Å². The molecule has 0 aromatic carbocycles. The van der Waals surface area contributed by atoms with Gasteiger partial charge in [-0.3, -0.25) is 0 Å². The maximum atomic E-state index is 11.3. The number of nitrogens with zero attached hydrogens (tertiary/aromatic N) is 1. The lowest BCUT2D eigenvalue weighted by Gasteiger charge is -2.25. The first-order chi connectivity index (χ1) is 8.94. The van der Waals surface area contributed by atoms with Gasteiger partial charge in [-0.25, -0.2) is 9.78 Å². The van der Waals surface area contributed by atoms with E-state index in [4.69, 9.17) is 5.73 Å². The molecule has 5 heteroatoms. The van der Waals surface area contributed by atoms with Gasteiger partial charge in [-0.05, 0) is 18.8 Å². The highest BCUT2D eigenvalue weighted by Gasteiger charge is 2.34. The van der Waals surface area contributed by atoms with Gasteiger partial charge in [0, 0.05) is 0 Å². The van der Waals surface area contributed by atoms with Crippen LogP contribution in [0.15, 0.2) is 0 Å². The number of aromatic carboxylic acids is 1. The molecule has 2 rings (SSSR count). The summed E-state index contributed by atoms with van der Waals surface area (Å²) in [7, 11) is 0. The number of nitrogens with two attached hydrogens (primary N) is 1. The van der Waals surface area contributed by atoms with Crippen LogP contribution in [0.2, 0.25) is 0 Å². The fraction of sp³-hybridized carbons (Fsp3) is 0.714. The highest BCUT2D eigenvalue weighted by Crippen LogP contribution is 2.38. The number of carboxylic acids is 1. The van der Waals surface area contributed by atoms with E-state index in [2.05, 4.69) is 4.98 Å². The Morgan fingerprint density at radius 1 is 1.32 bits per heavy atom. The summed E-state index contributed by atoms with van der Waals surface area (Å²) in [6.07, 6.45) is 6.47. The molecule has 1 aromatic rings. The summed E-state index contributed by atoms with van der Waals surface area (Å²) in [5.41, 5.74) is 6.78. The Morgan fingerprint density at radius 3 is 2.32 bits per heavy atom. The molecular weight excluding hydrogens is 260 g/mol. The minimum Gasteiger partial charge on any atom is -0.477 e. The monoisotopic (exact) mass is 282 g/mol. The second-order valence-electron chi connectivity index (χ2n) is 5.76. The lowest BCUT2D eigenvalue weighted by molar-refractivity contribution is 0.0700. The van der Waals surface area contributed by atoms with Crippen LogP contribution in [0, 0.1) is 0 Å². The summed E-state index contributed by atoms with van der Waals surface area (Å²) < 4.78 is 0. The molecule has 0 atom stereocenters. The summed E-state index contributed by atoms with van der Waals surface area (Å²) >= 11 is 1.27. The molecule has 0 amide bonds. The Labute approximate surface area is 118 Å². The Hall–Kier alpha value is -0.940. The van der Waals surface area contributed by atoms with Crippen molar-refractivity contribution in [3.8, 4) is 0 Å². The standard InChI is InChI=1S/C14H22N2O2S/c1-9(2)10-11(12(17)18)19-13(16-10)14(15)7-5-3-4-6-8-14/h9H,3-8,15H2,1-2H3,(H,17,18). The van der Waals surface area contributed by atoms with Crippen molar-refractivity contribution in [2.45, 2.75) is 63.8 Å². The molecule has 1 aliphatic carbocycles. The molecule has 1 fully saturated rings. The van der Waals surface area contributed by atoms with E-state index in [9.17, 15) is 9.90 Å². The Bertz CT molecular complexity index is 460. The first-order valence-corrected chi connectivity index (χ1v) is 7.79. The Balaban J connectivity index is 2.38. The van der Waals surface area contributed by atoms with Crippen LogP contribution in [0.3, 0.4) is 0 Å². The van der Waals surface area contributed by atoms with Gasteiger partial charge in [-0.2, -0.15) is 0 Å². The lowest BCUT2D eigenvalue weighted by atomic mass is 9.92. The molecule has 3 N–H and O–H groups in total. The molecule has 0 saturated heterocycles. The first kappa shape index (κ1) is 14.5. The zero-order valence-corrected chi connectivity index (χ0v) is 12.4. The third kappa shape index (κ3) is 2.98. The van der Waals surface area contributed by atoms with E-state index >= 15 is 0 Å². The summed E-state index contributed by atoms with van der Waals surface area (Å²) in [5, 5.41) is 10.1. The quantitative estimate of drug-likeness (QED) is 0.832. The van der Waals surface area contributed by atoms with Gasteiger partial charge in [0.1, 0.15) is 9.88 Å². The zero-order chi connectivity index (χ0) is 14.0. The molecule has 0 bridgehead atoms. The fourth-order valence-corrected chi connectivity index (χ4v) is 3.88. The zero-order valence-electron chi connectivity index (χ0n) is 11.6. The van der Waals surface area contributed by atoms with Gasteiger partial charge in [0.25, 0.3) is 0 Å². The van der Waals surface area contributed by atoms with E-state index in [0.29, 0.717) is 10.6 Å². The molecule has 1 saturated carbocycles. The topological polar surface area (TPSA) is 76.2 Å². The fourth-order valence-electron chi connectivity index (χ4n) is 2.66. The minimum atomic E-state index is -0.885. The van der Waals surface area contributed by atoms with E-state index in [1.54, 1.807) is 0 Å². The lowest BCUT2D eigenvalue weighted by Crippen LogP contribution is -2.35. The molecule has 4 nitrogen and oxygen atoms in total. The van der Waals surface area contributed by atoms with E-state index < -0.39 is 11.5 Å². The minimum absolute atomic E-state index is 0.116. The van der Waals surface area contributed by atoms with Gasteiger partial charge >= 0.3 is 5.97 Å². The van der Waals surface area contributed by atoms with Crippen LogP contribution in [0.4, 0.5) is 0 Å². The molecule has 0 spiro atoms. The van der Waals surface area contributed by atoms with Crippen molar-refractivity contribution in [2.24, 2.45) is 5.73 Å². The van der Waals surface area contributed by atoms with E-state index in [1.165, 1.54) is 24.2 Å². The number of aromatic nitrogens is 1. The van der Waals surface area contributed by atoms with Gasteiger partial charge < -0.3 is 10.8 Å². The number of rotatable bonds is 3. The second kappa shape index (κ2) is 5.59. The number of carboxylic acid groups (broad SMARTS) is 1. The number of hydrogen-bond donors (Lipinski definition) is 2. The van der Waals surface area contributed by atoms with Crippen LogP contribution in [0.1, 0.15) is 78.7 Å². The number of thiazole rings is 1. The van der Waals surface area contributed by atoms with Crippen molar-refractivity contribution >= 4 is 17.3 Å². The molecule has 0 aliphatic heterocycles. The van der Waals surface area contributed by atoms with Crippen molar-refractivity contribution in [2.75, 3.05) is 0 Å². The highest BCUT2D eigenvalue weighted by atomic mass is 32.1. The molecule has 1 heterocycles. The third-order valence-electron chi connectivity index (χ3n) is 3.82. The van der Waals surface area contributed by atoms with Crippen molar-refractivity contribution < 1.29 is 9.90 Å². The van der Waals surface area contributed by atoms with Crippen LogP contribution in [-0.4, -0.2) is 16.1 Å². The van der Waals surface area contributed by atoms with E-state index in [-0.39, 0.29) is 5.92 Å². The van der Waals surface area contributed by atoms with Crippen molar-refractivity contribution in [3.63, 3.8) is 0 Å². The van der Waals surface area contributed by atoms with Crippen LogP contribution in [-0.2, 0) is 5.54 Å². The Morgan fingerprint density at radius 2 is 1.89 bits per heavy atom. The van der Waals surface area contributed by atoms with Crippen LogP contribution < -0.4 is 5.73 Å². The summed E-state index contributed by atoms with van der Waals surface area (Å²) in [5.74, 6) is -0.768. The Kier molecular flexibility index (Phi) is 4.26. The average Bonchev–Trinajstić information content (AvgIpc) is 2.69. The number of hydrogen-bond acceptors (Lipinski definition) is 4. The normalized spacial score (nSPS) is 19.4. The summed E-state index contributed by atoms with van der Waals surface area (Å²) in [6.45, 7) is 3.95. The summed E-state index contributed by atoms with van der Waals surface area (Å²) in [4.78, 5) is 16.3. The smallest absolute Gasteiger partial charge is 0.347 e. The highest BCUT2D eigenvalue weighted by molar-refractivity contribution is 7.13. The predicted molar refractivity (Wildman–Crippen MR) is 76.7 cm³/mol. The summed E-state index contributed by atoms with van der Waals surface area (Å²) in [6, 6.07) is 0. The van der Waals surface area contributed by atoms with Crippen LogP contribution >= 0.6 is 11.3 Å². The van der Waals surface area contributed by atoms with E-state index in [0.717, 1.165) is 30.7 Å². The average molecular weight is 282 g/mol. The predicted octanol–water partition coefficient (Wildman–Crippen LogP) is 3.47. The van der Waals surface area contributed by atoms with Gasteiger partial charge in [0.15, 0.2) is 0 Å². The third-order valence-corrected chi connectivity index (χ3v) is 5.10. The number of carbonyl (C=O) groups is 1. The maximum Gasteiger partial charge on any atom is 0.347 e. The van der Waals surface area contributed by atoms with Crippen LogP contribution in [0.5, 0.6) is 0 Å². The van der Waals surface area contributed by atoms with Gasteiger partial charge in [-0.1, -0.05) is 39.5 Å². The second-order valence-corrected chi connectivity index (χ2v) is 6.76. The van der Waals surface area contributed by atoms with Gasteiger partial charge in [0.2, 0.25) is 0 Å². The van der Waals surface area contributed by atoms with Crippen molar-refractivity contribution in [1.29, 1.82) is 0 Å². The SMILES string of the molecule is CC(C)c1nc(C2(N)CCCCCC2)sc1C(=O)O. The molecule has 0 unspecified atom stereocenters. The van der Waals surface area contributed by atoms with Crippen molar-refractivity contribution in [1.82, 2.24) is 4.98 Å².